The molecule has 118 valence electrons. The molecule has 0 aliphatic carbocycles. The Morgan fingerprint density at radius 3 is 2.67 bits per heavy atom. The lowest BCUT2D eigenvalue weighted by atomic mass is 9.94. The van der Waals surface area contributed by atoms with Gasteiger partial charge in [-0.05, 0) is 13.8 Å². The highest BCUT2D eigenvalue weighted by Crippen LogP contribution is 2.33. The number of likely N-dealkylation sites (N-methyl/N-ethyl adjacent to an activating group) is 1. The maximum atomic E-state index is 11.3. The minimum absolute atomic E-state index is 0.00927. The van der Waals surface area contributed by atoms with Crippen molar-refractivity contribution in [3.05, 3.63) is 15.8 Å². The number of ether oxygens (including phenoxy) is 1. The van der Waals surface area contributed by atoms with Crippen molar-refractivity contribution in [3.63, 3.8) is 0 Å². The van der Waals surface area contributed by atoms with Gasteiger partial charge < -0.3 is 14.7 Å². The normalized spacial score (nSPS) is 17.7. The van der Waals surface area contributed by atoms with Crippen molar-refractivity contribution in [3.8, 4) is 0 Å². The molecule has 0 aromatic carbocycles. The second kappa shape index (κ2) is 5.98. The van der Waals surface area contributed by atoms with Gasteiger partial charge in [0.1, 0.15) is 5.69 Å². The van der Waals surface area contributed by atoms with E-state index in [4.69, 9.17) is 4.74 Å². The fourth-order valence-electron chi connectivity index (χ4n) is 2.80. The summed E-state index contributed by atoms with van der Waals surface area (Å²) in [7, 11) is 1.75. The number of nitrogens with zero attached hydrogens (tertiary/aromatic N) is 4. The first-order valence-electron chi connectivity index (χ1n) is 7.11. The zero-order valence-corrected chi connectivity index (χ0v) is 12.7. The topological polar surface area (TPSA) is 93.7 Å². The SMILES string of the molecule is CCn1nc(C)c([N+](=O)[O-])c1N(C)CC1(O)CCOCC1. The van der Waals surface area contributed by atoms with Crippen LogP contribution >= 0.6 is 0 Å². The molecule has 2 rings (SSSR count). The van der Waals surface area contributed by atoms with E-state index in [0.29, 0.717) is 50.7 Å². The van der Waals surface area contributed by atoms with Crippen LogP contribution in [0.25, 0.3) is 0 Å². The van der Waals surface area contributed by atoms with Gasteiger partial charge >= 0.3 is 5.69 Å². The monoisotopic (exact) mass is 298 g/mol. The highest BCUT2D eigenvalue weighted by molar-refractivity contribution is 5.61. The molecule has 1 aromatic rings. The van der Waals surface area contributed by atoms with Gasteiger partial charge in [-0.15, -0.1) is 0 Å². The molecule has 0 atom stereocenters. The first-order chi connectivity index (χ1) is 9.88. The molecule has 0 spiro atoms. The Balaban J connectivity index is 2.29. The molecule has 2 heterocycles. The van der Waals surface area contributed by atoms with Gasteiger partial charge in [0, 0.05) is 46.2 Å². The molecule has 1 fully saturated rings. The van der Waals surface area contributed by atoms with E-state index >= 15 is 0 Å². The van der Waals surface area contributed by atoms with E-state index in [2.05, 4.69) is 5.10 Å². The molecular weight excluding hydrogens is 276 g/mol. The second-order valence-electron chi connectivity index (χ2n) is 5.52. The third-order valence-corrected chi connectivity index (χ3v) is 3.87. The molecule has 0 bridgehead atoms. The van der Waals surface area contributed by atoms with Crippen molar-refractivity contribution in [2.24, 2.45) is 0 Å². The summed E-state index contributed by atoms with van der Waals surface area (Å²) in [4.78, 5) is 12.6. The van der Waals surface area contributed by atoms with Gasteiger partial charge in [-0.2, -0.15) is 5.10 Å². The third kappa shape index (κ3) is 3.16. The van der Waals surface area contributed by atoms with Gasteiger partial charge in [0.25, 0.3) is 0 Å². The minimum atomic E-state index is -0.877. The van der Waals surface area contributed by atoms with Gasteiger partial charge in [-0.1, -0.05) is 0 Å². The Kier molecular flexibility index (Phi) is 4.48. The maximum absolute atomic E-state index is 11.3. The number of anilines is 1. The van der Waals surface area contributed by atoms with E-state index in [-0.39, 0.29) is 5.69 Å². The molecular formula is C13H22N4O4. The number of aliphatic hydroxyl groups is 1. The maximum Gasteiger partial charge on any atom is 0.333 e. The van der Waals surface area contributed by atoms with Gasteiger partial charge in [0.2, 0.25) is 5.82 Å². The van der Waals surface area contributed by atoms with Crippen LogP contribution in [0, 0.1) is 17.0 Å². The van der Waals surface area contributed by atoms with E-state index in [9.17, 15) is 15.2 Å². The lowest BCUT2D eigenvalue weighted by Crippen LogP contribution is -2.46. The van der Waals surface area contributed by atoms with E-state index in [1.807, 2.05) is 6.92 Å². The lowest BCUT2D eigenvalue weighted by Gasteiger charge is -2.35. The minimum Gasteiger partial charge on any atom is -0.388 e. The highest BCUT2D eigenvalue weighted by Gasteiger charge is 2.35. The average molecular weight is 298 g/mol. The molecule has 0 radical (unpaired) electrons. The summed E-state index contributed by atoms with van der Waals surface area (Å²) in [5.41, 5.74) is -0.477. The number of hydrogen-bond donors (Lipinski definition) is 1. The molecule has 8 nitrogen and oxygen atoms in total. The summed E-state index contributed by atoms with van der Waals surface area (Å²) < 4.78 is 6.87. The van der Waals surface area contributed by atoms with E-state index in [1.165, 1.54) is 0 Å². The van der Waals surface area contributed by atoms with Crippen molar-refractivity contribution in [1.82, 2.24) is 9.78 Å². The Labute approximate surface area is 123 Å². The van der Waals surface area contributed by atoms with Crippen molar-refractivity contribution >= 4 is 11.5 Å². The molecule has 1 aliphatic heterocycles. The van der Waals surface area contributed by atoms with Gasteiger partial charge in [-0.25, -0.2) is 4.68 Å². The van der Waals surface area contributed by atoms with Crippen LogP contribution in [-0.2, 0) is 11.3 Å². The lowest BCUT2D eigenvalue weighted by molar-refractivity contribution is -0.384. The predicted molar refractivity (Wildman–Crippen MR) is 77.6 cm³/mol. The fraction of sp³-hybridized carbons (Fsp3) is 0.769. The summed E-state index contributed by atoms with van der Waals surface area (Å²) in [6.45, 7) is 5.40. The van der Waals surface area contributed by atoms with Crippen LogP contribution in [0.1, 0.15) is 25.5 Å². The van der Waals surface area contributed by atoms with Gasteiger partial charge in [-0.3, -0.25) is 10.1 Å². The fourth-order valence-corrected chi connectivity index (χ4v) is 2.80. The Morgan fingerprint density at radius 2 is 2.14 bits per heavy atom. The smallest absolute Gasteiger partial charge is 0.333 e. The first-order valence-corrected chi connectivity index (χ1v) is 7.11. The average Bonchev–Trinajstić information content (AvgIpc) is 2.76. The van der Waals surface area contributed by atoms with Crippen LogP contribution in [-0.4, -0.2) is 52.2 Å². The van der Waals surface area contributed by atoms with Crippen LogP contribution in [0.15, 0.2) is 0 Å². The van der Waals surface area contributed by atoms with Crippen LogP contribution < -0.4 is 4.90 Å². The van der Waals surface area contributed by atoms with Crippen molar-refractivity contribution in [2.75, 3.05) is 31.7 Å². The van der Waals surface area contributed by atoms with Crippen molar-refractivity contribution < 1.29 is 14.8 Å². The van der Waals surface area contributed by atoms with E-state index in [1.54, 1.807) is 23.6 Å². The van der Waals surface area contributed by atoms with Crippen molar-refractivity contribution in [2.45, 2.75) is 38.8 Å². The second-order valence-corrected chi connectivity index (χ2v) is 5.52. The molecule has 1 N–H and O–H groups in total. The molecule has 8 heteroatoms. The number of hydrogen-bond acceptors (Lipinski definition) is 6. The molecule has 1 saturated heterocycles. The highest BCUT2D eigenvalue weighted by atomic mass is 16.6. The molecule has 1 aromatic heterocycles. The largest absolute Gasteiger partial charge is 0.388 e. The van der Waals surface area contributed by atoms with Crippen LogP contribution in [0.2, 0.25) is 0 Å². The van der Waals surface area contributed by atoms with Crippen molar-refractivity contribution in [1.29, 1.82) is 0 Å². The Hall–Kier alpha value is -1.67. The Bertz CT molecular complexity index is 522. The zero-order chi connectivity index (χ0) is 15.6. The number of aryl methyl sites for hydroxylation is 2. The summed E-state index contributed by atoms with van der Waals surface area (Å²) >= 11 is 0. The number of rotatable bonds is 5. The van der Waals surface area contributed by atoms with Crippen LogP contribution in [0.3, 0.4) is 0 Å². The van der Waals surface area contributed by atoms with Gasteiger partial charge in [0.05, 0.1) is 10.5 Å². The third-order valence-electron chi connectivity index (χ3n) is 3.87. The standard InChI is InChI=1S/C13H22N4O4/c1-4-16-12(11(17(19)20)10(2)14-16)15(3)9-13(18)5-7-21-8-6-13/h18H,4-9H2,1-3H3. The van der Waals surface area contributed by atoms with E-state index in [0.717, 1.165) is 0 Å². The molecule has 0 amide bonds. The van der Waals surface area contributed by atoms with E-state index < -0.39 is 10.5 Å². The molecule has 0 saturated carbocycles. The van der Waals surface area contributed by atoms with Crippen LogP contribution in [0.5, 0.6) is 0 Å². The summed E-state index contributed by atoms with van der Waals surface area (Å²) in [5.74, 6) is 0.444. The molecule has 1 aliphatic rings. The first kappa shape index (κ1) is 15.7. The molecule has 0 unspecified atom stereocenters. The summed E-state index contributed by atoms with van der Waals surface area (Å²) in [6.07, 6.45) is 1.06. The summed E-state index contributed by atoms with van der Waals surface area (Å²) in [5, 5.41) is 26.1. The number of nitro groups is 1. The number of aromatic nitrogens is 2. The summed E-state index contributed by atoms with van der Waals surface area (Å²) in [6, 6.07) is 0. The molecule has 21 heavy (non-hydrogen) atoms. The predicted octanol–water partition coefficient (Wildman–Crippen LogP) is 1.10. The Morgan fingerprint density at radius 1 is 1.52 bits per heavy atom. The zero-order valence-electron chi connectivity index (χ0n) is 12.7. The van der Waals surface area contributed by atoms with Gasteiger partial charge in [0.15, 0.2) is 0 Å². The van der Waals surface area contributed by atoms with Crippen LogP contribution in [0.4, 0.5) is 11.5 Å². The quantitative estimate of drug-likeness (QED) is 0.646.